The topological polar surface area (TPSA) is 52.6 Å². The van der Waals surface area contributed by atoms with Crippen LogP contribution >= 0.6 is 0 Å². The zero-order valence-corrected chi connectivity index (χ0v) is 12.8. The van der Waals surface area contributed by atoms with Gasteiger partial charge in [0.2, 0.25) is 0 Å². The molecule has 1 rings (SSSR count). The molecule has 1 aromatic carbocycles. The van der Waals surface area contributed by atoms with E-state index in [4.69, 9.17) is 5.11 Å². The Labute approximate surface area is 121 Å². The molecule has 0 saturated heterocycles. The molecule has 0 aliphatic carbocycles. The van der Waals surface area contributed by atoms with Gasteiger partial charge in [-0.25, -0.2) is 4.79 Å². The molecule has 4 heteroatoms. The first kappa shape index (κ1) is 16.5. The summed E-state index contributed by atoms with van der Waals surface area (Å²) in [5, 5.41) is 12.0. The monoisotopic (exact) mass is 278 g/mol. The van der Waals surface area contributed by atoms with Crippen molar-refractivity contribution in [3.05, 3.63) is 29.3 Å². The van der Waals surface area contributed by atoms with Gasteiger partial charge in [0.15, 0.2) is 0 Å². The second-order valence-corrected chi connectivity index (χ2v) is 5.15. The van der Waals surface area contributed by atoms with E-state index >= 15 is 0 Å². The van der Waals surface area contributed by atoms with Gasteiger partial charge in [-0.1, -0.05) is 25.8 Å². The molecule has 0 atom stereocenters. The van der Waals surface area contributed by atoms with Crippen molar-refractivity contribution >= 4 is 11.7 Å². The van der Waals surface area contributed by atoms with E-state index in [9.17, 15) is 4.79 Å². The Morgan fingerprint density at radius 3 is 2.55 bits per heavy atom. The maximum atomic E-state index is 12.2. The lowest BCUT2D eigenvalue weighted by atomic mass is 10.1. The highest BCUT2D eigenvalue weighted by molar-refractivity contribution is 5.89. The minimum Gasteiger partial charge on any atom is -0.395 e. The maximum Gasteiger partial charge on any atom is 0.321 e. The van der Waals surface area contributed by atoms with Crippen molar-refractivity contribution < 1.29 is 9.90 Å². The fourth-order valence-corrected chi connectivity index (χ4v) is 2.01. The average Bonchev–Trinajstić information content (AvgIpc) is 2.42. The van der Waals surface area contributed by atoms with Gasteiger partial charge < -0.3 is 15.3 Å². The molecule has 2 N–H and O–H groups in total. The number of benzene rings is 1. The Bertz CT molecular complexity index is 432. The Kier molecular flexibility index (Phi) is 7.09. The first-order valence-corrected chi connectivity index (χ1v) is 7.32. The lowest BCUT2D eigenvalue weighted by Crippen LogP contribution is -2.37. The molecule has 0 bridgehead atoms. The number of aliphatic hydroxyl groups excluding tert-OH is 1. The van der Waals surface area contributed by atoms with Crippen LogP contribution in [0, 0.1) is 13.8 Å². The van der Waals surface area contributed by atoms with Crippen LogP contribution in [0.3, 0.4) is 0 Å². The minimum atomic E-state index is -0.140. The Balaban J connectivity index is 2.62. The molecule has 0 aromatic heterocycles. The summed E-state index contributed by atoms with van der Waals surface area (Å²) in [6, 6.07) is 5.73. The normalized spacial score (nSPS) is 10.4. The number of nitrogens with one attached hydrogen (secondary N) is 1. The summed E-state index contributed by atoms with van der Waals surface area (Å²) in [6.07, 6.45) is 3.18. The van der Waals surface area contributed by atoms with Gasteiger partial charge in [0, 0.05) is 18.8 Å². The molecular weight excluding hydrogens is 252 g/mol. The summed E-state index contributed by atoms with van der Waals surface area (Å²) in [7, 11) is 0. The summed E-state index contributed by atoms with van der Waals surface area (Å²) in [5.74, 6) is 0. The van der Waals surface area contributed by atoms with E-state index in [0.717, 1.165) is 30.5 Å². The molecule has 0 fully saturated rings. The van der Waals surface area contributed by atoms with Crippen molar-refractivity contribution in [2.75, 3.05) is 25.0 Å². The van der Waals surface area contributed by atoms with Crippen molar-refractivity contribution in [1.29, 1.82) is 0 Å². The van der Waals surface area contributed by atoms with E-state index in [2.05, 4.69) is 12.2 Å². The van der Waals surface area contributed by atoms with Crippen LogP contribution in [-0.4, -0.2) is 35.7 Å². The molecule has 0 heterocycles. The summed E-state index contributed by atoms with van der Waals surface area (Å²) < 4.78 is 0. The second-order valence-electron chi connectivity index (χ2n) is 5.15. The Morgan fingerprint density at radius 1 is 1.20 bits per heavy atom. The minimum absolute atomic E-state index is 0.00747. The van der Waals surface area contributed by atoms with Gasteiger partial charge in [0.25, 0.3) is 0 Å². The summed E-state index contributed by atoms with van der Waals surface area (Å²) >= 11 is 0. The number of carbonyl (C=O) groups excluding carboxylic acids is 1. The summed E-state index contributed by atoms with van der Waals surface area (Å²) in [5.41, 5.74) is 3.16. The molecule has 4 nitrogen and oxygen atoms in total. The predicted molar refractivity (Wildman–Crippen MR) is 83.1 cm³/mol. The number of unbranched alkanes of at least 4 members (excludes halogenated alkanes) is 2. The lowest BCUT2D eigenvalue weighted by Gasteiger charge is -2.22. The quantitative estimate of drug-likeness (QED) is 0.752. The van der Waals surface area contributed by atoms with Crippen LogP contribution in [0.1, 0.15) is 37.3 Å². The number of anilines is 1. The van der Waals surface area contributed by atoms with Crippen LogP contribution in [0.25, 0.3) is 0 Å². The molecule has 0 aliphatic rings. The van der Waals surface area contributed by atoms with Crippen molar-refractivity contribution in [3.8, 4) is 0 Å². The molecule has 112 valence electrons. The lowest BCUT2D eigenvalue weighted by molar-refractivity contribution is 0.187. The molecule has 2 amide bonds. The number of hydrogen-bond donors (Lipinski definition) is 2. The third-order valence-electron chi connectivity index (χ3n) is 3.45. The molecular formula is C16H26N2O2. The van der Waals surface area contributed by atoms with E-state index in [1.807, 2.05) is 32.0 Å². The first-order chi connectivity index (χ1) is 9.58. The van der Waals surface area contributed by atoms with Gasteiger partial charge in [-0.3, -0.25) is 0 Å². The maximum absolute atomic E-state index is 12.2. The largest absolute Gasteiger partial charge is 0.395 e. The van der Waals surface area contributed by atoms with Gasteiger partial charge >= 0.3 is 6.03 Å². The first-order valence-electron chi connectivity index (χ1n) is 7.32. The molecule has 0 unspecified atom stereocenters. The highest BCUT2D eigenvalue weighted by Crippen LogP contribution is 2.14. The van der Waals surface area contributed by atoms with Crippen LogP contribution in [0.4, 0.5) is 10.5 Å². The number of carbonyl (C=O) groups is 1. The second kappa shape index (κ2) is 8.59. The fourth-order valence-electron chi connectivity index (χ4n) is 2.01. The zero-order chi connectivity index (χ0) is 15.0. The van der Waals surface area contributed by atoms with E-state index in [-0.39, 0.29) is 12.6 Å². The number of urea groups is 1. The summed E-state index contributed by atoms with van der Waals surface area (Å²) in [6.45, 7) is 7.25. The molecule has 1 aromatic rings. The SMILES string of the molecule is CCCCCN(CCO)C(=O)Nc1ccc(C)c(C)c1. The molecule has 0 saturated carbocycles. The van der Waals surface area contributed by atoms with Crippen LogP contribution < -0.4 is 5.32 Å². The molecule has 0 radical (unpaired) electrons. The van der Waals surface area contributed by atoms with Gasteiger partial charge in [0.1, 0.15) is 0 Å². The number of rotatable bonds is 7. The predicted octanol–water partition coefficient (Wildman–Crippen LogP) is 3.32. The van der Waals surface area contributed by atoms with Gasteiger partial charge in [0.05, 0.1) is 6.61 Å². The van der Waals surface area contributed by atoms with Gasteiger partial charge in [-0.15, -0.1) is 0 Å². The third-order valence-corrected chi connectivity index (χ3v) is 3.45. The highest BCUT2D eigenvalue weighted by atomic mass is 16.3. The highest BCUT2D eigenvalue weighted by Gasteiger charge is 2.12. The van der Waals surface area contributed by atoms with Crippen LogP contribution in [0.5, 0.6) is 0 Å². The van der Waals surface area contributed by atoms with Crippen LogP contribution in [0.15, 0.2) is 18.2 Å². The molecule has 0 aliphatic heterocycles. The summed E-state index contributed by atoms with van der Waals surface area (Å²) in [4.78, 5) is 13.9. The van der Waals surface area contributed by atoms with E-state index in [1.54, 1.807) is 4.90 Å². The van der Waals surface area contributed by atoms with Crippen molar-refractivity contribution in [2.24, 2.45) is 0 Å². The van der Waals surface area contributed by atoms with Crippen molar-refractivity contribution in [1.82, 2.24) is 4.90 Å². The number of nitrogens with zero attached hydrogens (tertiary/aromatic N) is 1. The van der Waals surface area contributed by atoms with Crippen LogP contribution in [0.2, 0.25) is 0 Å². The van der Waals surface area contributed by atoms with E-state index < -0.39 is 0 Å². The van der Waals surface area contributed by atoms with E-state index in [1.165, 1.54) is 5.56 Å². The standard InChI is InChI=1S/C16H26N2O2/c1-4-5-6-9-18(10-11-19)16(20)17-15-8-7-13(2)14(3)12-15/h7-8,12,19H,4-6,9-11H2,1-3H3,(H,17,20). The number of aliphatic hydroxyl groups is 1. The third kappa shape index (κ3) is 5.21. The van der Waals surface area contributed by atoms with Crippen LogP contribution in [-0.2, 0) is 0 Å². The Hall–Kier alpha value is -1.55. The number of hydrogen-bond acceptors (Lipinski definition) is 2. The molecule has 0 spiro atoms. The number of amides is 2. The van der Waals surface area contributed by atoms with E-state index in [0.29, 0.717) is 13.1 Å². The smallest absolute Gasteiger partial charge is 0.321 e. The zero-order valence-electron chi connectivity index (χ0n) is 12.8. The average molecular weight is 278 g/mol. The van der Waals surface area contributed by atoms with Gasteiger partial charge in [-0.05, 0) is 43.5 Å². The molecule has 20 heavy (non-hydrogen) atoms. The fraction of sp³-hybridized carbons (Fsp3) is 0.562. The van der Waals surface area contributed by atoms with Crippen molar-refractivity contribution in [3.63, 3.8) is 0 Å². The van der Waals surface area contributed by atoms with Gasteiger partial charge in [-0.2, -0.15) is 0 Å². The Morgan fingerprint density at radius 2 is 1.95 bits per heavy atom. The number of aryl methyl sites for hydroxylation is 2. The van der Waals surface area contributed by atoms with Crippen molar-refractivity contribution in [2.45, 2.75) is 40.0 Å².